The number of ether oxygens (including phenoxy) is 2. The first-order chi connectivity index (χ1) is 14.2. The van der Waals surface area contributed by atoms with E-state index >= 15 is 0 Å². The van der Waals surface area contributed by atoms with Gasteiger partial charge in [0, 0.05) is 6.54 Å². The third-order valence-corrected chi connectivity index (χ3v) is 5.68. The summed E-state index contributed by atoms with van der Waals surface area (Å²) in [6.07, 6.45) is 4.09. The lowest BCUT2D eigenvalue weighted by Crippen LogP contribution is -2.47. The Balaban J connectivity index is 1.57. The molecular formula is C23H26N2O4. The van der Waals surface area contributed by atoms with Crippen LogP contribution in [0.5, 0.6) is 11.5 Å². The highest BCUT2D eigenvalue weighted by Gasteiger charge is 2.32. The van der Waals surface area contributed by atoms with Crippen LogP contribution in [0, 0.1) is 0 Å². The van der Waals surface area contributed by atoms with Gasteiger partial charge in [0.15, 0.2) is 6.61 Å². The Morgan fingerprint density at radius 1 is 1.10 bits per heavy atom. The van der Waals surface area contributed by atoms with Crippen molar-refractivity contribution in [3.63, 3.8) is 0 Å². The standard InChI is InChI=1S/C23H26N2O4/c1-28-18-12-10-17(11-13-18)19-7-3-2-6-14-24(19)22(26)15-25-20-8-4-5-9-21(20)29-16-23(25)27/h4-5,8-13,19H,2-3,6-7,14-16H2,1H3. The number of amides is 2. The molecule has 0 spiro atoms. The van der Waals surface area contributed by atoms with E-state index in [-0.39, 0.29) is 31.0 Å². The Morgan fingerprint density at radius 3 is 2.69 bits per heavy atom. The first-order valence-electron chi connectivity index (χ1n) is 10.1. The lowest BCUT2D eigenvalue weighted by Gasteiger charge is -2.34. The number of nitrogens with zero attached hydrogens (tertiary/aromatic N) is 2. The summed E-state index contributed by atoms with van der Waals surface area (Å²) < 4.78 is 10.8. The Bertz CT molecular complexity index is 881. The normalized spacial score (nSPS) is 19.2. The number of hydrogen-bond acceptors (Lipinski definition) is 4. The van der Waals surface area contributed by atoms with Gasteiger partial charge in [-0.1, -0.05) is 37.1 Å². The minimum Gasteiger partial charge on any atom is -0.497 e. The van der Waals surface area contributed by atoms with E-state index in [4.69, 9.17) is 9.47 Å². The molecule has 0 aromatic heterocycles. The fourth-order valence-corrected chi connectivity index (χ4v) is 4.13. The second kappa shape index (κ2) is 8.55. The Hall–Kier alpha value is -3.02. The van der Waals surface area contributed by atoms with Crippen LogP contribution in [0.25, 0.3) is 0 Å². The molecule has 6 heteroatoms. The predicted molar refractivity (Wildman–Crippen MR) is 110 cm³/mol. The number of para-hydroxylation sites is 2. The first kappa shape index (κ1) is 19.3. The maximum Gasteiger partial charge on any atom is 0.265 e. The van der Waals surface area contributed by atoms with Crippen molar-refractivity contribution in [2.24, 2.45) is 0 Å². The zero-order valence-electron chi connectivity index (χ0n) is 16.7. The van der Waals surface area contributed by atoms with Crippen molar-refractivity contribution in [3.8, 4) is 11.5 Å². The molecule has 2 aliphatic rings. The van der Waals surface area contributed by atoms with Crippen molar-refractivity contribution >= 4 is 17.5 Å². The summed E-state index contributed by atoms with van der Waals surface area (Å²) in [5.41, 5.74) is 1.77. The fraction of sp³-hybridized carbons (Fsp3) is 0.391. The number of rotatable bonds is 4. The molecule has 6 nitrogen and oxygen atoms in total. The average molecular weight is 394 g/mol. The highest BCUT2D eigenvalue weighted by molar-refractivity contribution is 6.02. The number of benzene rings is 2. The van der Waals surface area contributed by atoms with Crippen molar-refractivity contribution in [2.75, 3.05) is 31.7 Å². The molecule has 152 valence electrons. The van der Waals surface area contributed by atoms with Gasteiger partial charge in [0.2, 0.25) is 5.91 Å². The number of carbonyl (C=O) groups excluding carboxylic acids is 2. The number of likely N-dealkylation sites (tertiary alicyclic amines) is 1. The van der Waals surface area contributed by atoms with E-state index in [0.29, 0.717) is 18.0 Å². The topological polar surface area (TPSA) is 59.1 Å². The largest absolute Gasteiger partial charge is 0.497 e. The highest BCUT2D eigenvalue weighted by Crippen LogP contribution is 2.34. The molecule has 4 rings (SSSR count). The molecule has 0 N–H and O–H groups in total. The van der Waals surface area contributed by atoms with E-state index in [2.05, 4.69) is 0 Å². The molecule has 0 saturated carbocycles. The maximum atomic E-state index is 13.3. The minimum absolute atomic E-state index is 0.0160. The second-order valence-electron chi connectivity index (χ2n) is 7.46. The average Bonchev–Trinajstić information content (AvgIpc) is 3.02. The van der Waals surface area contributed by atoms with E-state index in [1.807, 2.05) is 53.4 Å². The van der Waals surface area contributed by atoms with Crippen molar-refractivity contribution in [3.05, 3.63) is 54.1 Å². The van der Waals surface area contributed by atoms with Crippen LogP contribution >= 0.6 is 0 Å². The quantitative estimate of drug-likeness (QED) is 0.796. The van der Waals surface area contributed by atoms with Gasteiger partial charge in [-0.05, 0) is 42.7 Å². The SMILES string of the molecule is COc1ccc(C2CCCCCN2C(=O)CN2C(=O)COc3ccccc32)cc1. The van der Waals surface area contributed by atoms with Gasteiger partial charge in [-0.15, -0.1) is 0 Å². The number of anilines is 1. The van der Waals surface area contributed by atoms with Crippen molar-refractivity contribution in [1.82, 2.24) is 4.90 Å². The molecular weight excluding hydrogens is 368 g/mol. The van der Waals surface area contributed by atoms with Crippen LogP contribution in [0.1, 0.15) is 37.3 Å². The van der Waals surface area contributed by atoms with Gasteiger partial charge < -0.3 is 14.4 Å². The maximum absolute atomic E-state index is 13.3. The number of carbonyl (C=O) groups is 2. The van der Waals surface area contributed by atoms with Crippen molar-refractivity contribution in [1.29, 1.82) is 0 Å². The lowest BCUT2D eigenvalue weighted by molar-refractivity contribution is -0.134. The van der Waals surface area contributed by atoms with E-state index in [1.54, 1.807) is 12.0 Å². The summed E-state index contributed by atoms with van der Waals surface area (Å²) in [6, 6.07) is 15.3. The summed E-state index contributed by atoms with van der Waals surface area (Å²) in [5, 5.41) is 0. The highest BCUT2D eigenvalue weighted by atomic mass is 16.5. The van der Waals surface area contributed by atoms with Crippen molar-refractivity contribution in [2.45, 2.75) is 31.7 Å². The van der Waals surface area contributed by atoms with Crippen LogP contribution in [0.3, 0.4) is 0 Å². The molecule has 0 bridgehead atoms. The number of hydrogen-bond donors (Lipinski definition) is 0. The van der Waals surface area contributed by atoms with E-state index in [9.17, 15) is 9.59 Å². The minimum atomic E-state index is -0.187. The van der Waals surface area contributed by atoms with Crippen LogP contribution in [0.2, 0.25) is 0 Å². The van der Waals surface area contributed by atoms with Gasteiger partial charge >= 0.3 is 0 Å². The first-order valence-corrected chi connectivity index (χ1v) is 10.1. The summed E-state index contributed by atoms with van der Waals surface area (Å²) in [4.78, 5) is 29.3. The predicted octanol–water partition coefficient (Wildman–Crippen LogP) is 3.56. The Morgan fingerprint density at radius 2 is 1.90 bits per heavy atom. The fourth-order valence-electron chi connectivity index (χ4n) is 4.13. The van der Waals surface area contributed by atoms with E-state index in [1.165, 1.54) is 0 Å². The molecule has 29 heavy (non-hydrogen) atoms. The summed E-state index contributed by atoms with van der Waals surface area (Å²) in [7, 11) is 1.65. The molecule has 1 fully saturated rings. The van der Waals surface area contributed by atoms with Crippen LogP contribution < -0.4 is 14.4 Å². The van der Waals surface area contributed by atoms with Crippen LogP contribution in [0.15, 0.2) is 48.5 Å². The summed E-state index contributed by atoms with van der Waals surface area (Å²) in [6.45, 7) is 0.702. The van der Waals surface area contributed by atoms with Crippen LogP contribution in [-0.2, 0) is 9.59 Å². The molecule has 1 atom stereocenters. The Labute approximate surface area is 171 Å². The zero-order chi connectivity index (χ0) is 20.2. The third-order valence-electron chi connectivity index (χ3n) is 5.68. The summed E-state index contributed by atoms with van der Waals surface area (Å²) >= 11 is 0. The van der Waals surface area contributed by atoms with Gasteiger partial charge in [0.05, 0.1) is 18.8 Å². The number of methoxy groups -OCH3 is 1. The van der Waals surface area contributed by atoms with E-state index in [0.717, 1.165) is 37.0 Å². The lowest BCUT2D eigenvalue weighted by atomic mass is 10.0. The van der Waals surface area contributed by atoms with Gasteiger partial charge in [0.25, 0.3) is 5.91 Å². The molecule has 2 aromatic carbocycles. The van der Waals surface area contributed by atoms with Crippen LogP contribution in [0.4, 0.5) is 5.69 Å². The van der Waals surface area contributed by atoms with Gasteiger partial charge in [-0.2, -0.15) is 0 Å². The van der Waals surface area contributed by atoms with Gasteiger partial charge in [-0.3, -0.25) is 14.5 Å². The smallest absolute Gasteiger partial charge is 0.265 e. The molecule has 2 amide bonds. The molecule has 2 heterocycles. The number of fused-ring (bicyclic) bond motifs is 1. The summed E-state index contributed by atoms with van der Waals surface area (Å²) in [5.74, 6) is 1.23. The van der Waals surface area contributed by atoms with Gasteiger partial charge in [-0.25, -0.2) is 0 Å². The van der Waals surface area contributed by atoms with Crippen molar-refractivity contribution < 1.29 is 19.1 Å². The molecule has 1 unspecified atom stereocenters. The van der Waals surface area contributed by atoms with Crippen LogP contribution in [-0.4, -0.2) is 43.5 Å². The monoisotopic (exact) mass is 394 g/mol. The van der Waals surface area contributed by atoms with Gasteiger partial charge in [0.1, 0.15) is 18.0 Å². The second-order valence-corrected chi connectivity index (χ2v) is 7.46. The third kappa shape index (κ3) is 4.06. The molecule has 2 aliphatic heterocycles. The molecule has 0 aliphatic carbocycles. The van der Waals surface area contributed by atoms with E-state index < -0.39 is 0 Å². The molecule has 0 radical (unpaired) electrons. The Kier molecular flexibility index (Phi) is 5.69. The molecule has 1 saturated heterocycles. The molecule has 2 aromatic rings. The zero-order valence-corrected chi connectivity index (χ0v) is 16.7.